The molecule has 5 atom stereocenters. The summed E-state index contributed by atoms with van der Waals surface area (Å²) in [7, 11) is -9.93. The molecular formula is C88H172O17P2. The van der Waals surface area contributed by atoms with Crippen molar-refractivity contribution in [3.8, 4) is 0 Å². The summed E-state index contributed by atoms with van der Waals surface area (Å²) in [6.07, 6.45) is 75.0. The Hall–Kier alpha value is -1.94. The van der Waals surface area contributed by atoms with E-state index in [1.165, 1.54) is 302 Å². The van der Waals surface area contributed by atoms with E-state index in [1.54, 1.807) is 0 Å². The summed E-state index contributed by atoms with van der Waals surface area (Å²) in [6, 6.07) is 0. The van der Waals surface area contributed by atoms with Gasteiger partial charge in [-0.15, -0.1) is 0 Å². The highest BCUT2D eigenvalue weighted by molar-refractivity contribution is 7.47. The first kappa shape index (κ1) is 105. The standard InChI is InChI=1S/C88H172O17P2/c1-6-9-12-15-18-21-24-27-30-33-35-36-37-39-42-45-48-53-59-64-69-74-87(92)104-83(77-98-85(90)71-66-61-56-51-46-43-41-38-34-31-28-25-22-19-16-13-10-7-2)79-102-106(94,95)100-75-82(89)76-101-107(96,97)103-80-84(78-99-86(91)72-67-62-57-54-49-50-55-60-65-70-81(4)5)105-88(93)73-68-63-58-52-47-44-40-32-29-26-23-20-17-14-11-8-3/h81-84,89H,6-80H2,1-5H3,(H,94,95)(H,96,97)/t82-,83-,84-/m1/s1. The summed E-state index contributed by atoms with van der Waals surface area (Å²) < 4.78 is 69.0. The third-order valence-corrected chi connectivity index (χ3v) is 22.7. The number of aliphatic hydroxyl groups is 1. The Labute approximate surface area is 658 Å². The van der Waals surface area contributed by atoms with Crippen molar-refractivity contribution < 1.29 is 80.2 Å². The molecule has 0 aromatic rings. The van der Waals surface area contributed by atoms with Gasteiger partial charge in [0.2, 0.25) is 0 Å². The molecule has 0 saturated carbocycles. The van der Waals surface area contributed by atoms with Crippen LogP contribution in [0.2, 0.25) is 0 Å². The number of hydrogen-bond donors (Lipinski definition) is 3. The monoisotopic (exact) mass is 1560 g/mol. The van der Waals surface area contributed by atoms with Crippen molar-refractivity contribution in [1.29, 1.82) is 0 Å². The highest BCUT2D eigenvalue weighted by atomic mass is 31.2. The van der Waals surface area contributed by atoms with E-state index in [0.29, 0.717) is 25.7 Å². The molecule has 3 N–H and O–H groups in total. The Balaban J connectivity index is 5.25. The van der Waals surface area contributed by atoms with Crippen molar-refractivity contribution in [1.82, 2.24) is 0 Å². The molecule has 17 nitrogen and oxygen atoms in total. The lowest BCUT2D eigenvalue weighted by atomic mass is 10.0. The number of carbonyl (C=O) groups excluding carboxylic acids is 4. The van der Waals surface area contributed by atoms with Crippen LogP contribution >= 0.6 is 15.6 Å². The fourth-order valence-corrected chi connectivity index (χ4v) is 15.4. The minimum atomic E-state index is -4.97. The van der Waals surface area contributed by atoms with Crippen molar-refractivity contribution in [2.45, 2.75) is 496 Å². The van der Waals surface area contributed by atoms with E-state index in [9.17, 15) is 43.2 Å². The minimum absolute atomic E-state index is 0.108. The zero-order chi connectivity index (χ0) is 78.3. The van der Waals surface area contributed by atoms with Gasteiger partial charge in [-0.2, -0.15) is 0 Å². The van der Waals surface area contributed by atoms with Gasteiger partial charge in [0.25, 0.3) is 0 Å². The second-order valence-electron chi connectivity index (χ2n) is 32.1. The van der Waals surface area contributed by atoms with Crippen LogP contribution in [0.3, 0.4) is 0 Å². The molecule has 0 aromatic carbocycles. The Morgan fingerprint density at radius 2 is 0.430 bits per heavy atom. The molecule has 636 valence electrons. The van der Waals surface area contributed by atoms with Crippen LogP contribution in [0, 0.1) is 5.92 Å². The van der Waals surface area contributed by atoms with Gasteiger partial charge < -0.3 is 33.8 Å². The van der Waals surface area contributed by atoms with Crippen molar-refractivity contribution in [2.24, 2.45) is 5.92 Å². The van der Waals surface area contributed by atoms with E-state index in [-0.39, 0.29) is 25.7 Å². The van der Waals surface area contributed by atoms with Crippen molar-refractivity contribution in [3.05, 3.63) is 0 Å². The van der Waals surface area contributed by atoms with Gasteiger partial charge in [-0.25, -0.2) is 9.13 Å². The van der Waals surface area contributed by atoms with Gasteiger partial charge in [-0.1, -0.05) is 426 Å². The molecule has 0 bridgehead atoms. The molecule has 0 aromatic heterocycles. The predicted molar refractivity (Wildman–Crippen MR) is 442 cm³/mol. The predicted octanol–water partition coefficient (Wildman–Crippen LogP) is 27.2. The number of phosphoric ester groups is 2. The second-order valence-corrected chi connectivity index (χ2v) is 35.0. The highest BCUT2D eigenvalue weighted by Crippen LogP contribution is 2.45. The van der Waals surface area contributed by atoms with Crippen LogP contribution in [0.5, 0.6) is 0 Å². The number of unbranched alkanes of at least 4 members (excludes halogenated alkanes) is 60. The first-order valence-electron chi connectivity index (χ1n) is 45.6. The van der Waals surface area contributed by atoms with Gasteiger partial charge in [-0.05, 0) is 31.6 Å². The summed E-state index contributed by atoms with van der Waals surface area (Å²) in [5.74, 6) is -1.35. The van der Waals surface area contributed by atoms with Gasteiger partial charge >= 0.3 is 39.5 Å². The number of carbonyl (C=O) groups is 4. The molecule has 0 heterocycles. The van der Waals surface area contributed by atoms with Gasteiger partial charge in [0.05, 0.1) is 26.4 Å². The summed E-state index contributed by atoms with van der Waals surface area (Å²) in [4.78, 5) is 73.3. The van der Waals surface area contributed by atoms with Crippen molar-refractivity contribution >= 4 is 39.5 Å². The highest BCUT2D eigenvalue weighted by Gasteiger charge is 2.30. The van der Waals surface area contributed by atoms with Crippen molar-refractivity contribution in [3.63, 3.8) is 0 Å². The normalized spacial score (nSPS) is 13.7. The summed E-state index contributed by atoms with van der Waals surface area (Å²) in [5, 5.41) is 10.7. The summed E-state index contributed by atoms with van der Waals surface area (Å²) in [6.45, 7) is 7.36. The van der Waals surface area contributed by atoms with Gasteiger partial charge in [0, 0.05) is 25.7 Å². The number of hydrogen-bond acceptors (Lipinski definition) is 15. The number of phosphoric acid groups is 2. The third kappa shape index (κ3) is 81.9. The third-order valence-electron chi connectivity index (χ3n) is 20.8. The molecule has 0 fully saturated rings. The number of esters is 4. The van der Waals surface area contributed by atoms with Gasteiger partial charge in [0.15, 0.2) is 12.2 Å². The lowest BCUT2D eigenvalue weighted by molar-refractivity contribution is -0.161. The second kappa shape index (κ2) is 80.7. The van der Waals surface area contributed by atoms with Crippen LogP contribution in [0.1, 0.15) is 478 Å². The Kier molecular flexibility index (Phi) is 79.2. The SMILES string of the molecule is CCCCCCCCCCCCCCCCCCCCCCCC(=O)O[C@H](COC(=O)CCCCCCCCCCCCCCCCCCCC)COP(=O)(O)OC[C@@H](O)COP(=O)(O)OC[C@@H](COC(=O)CCCCCCCCCCCC(C)C)OC(=O)CCCCCCCCCCCCCCCCCC. The zero-order valence-corrected chi connectivity index (χ0v) is 72.1. The fourth-order valence-electron chi connectivity index (χ4n) is 13.8. The van der Waals surface area contributed by atoms with Crippen LogP contribution < -0.4 is 0 Å². The summed E-state index contributed by atoms with van der Waals surface area (Å²) in [5.41, 5.74) is 0. The number of rotatable bonds is 88. The molecule has 19 heteroatoms. The first-order chi connectivity index (χ1) is 52.0. The maximum atomic E-state index is 13.2. The number of aliphatic hydroxyl groups excluding tert-OH is 1. The van der Waals surface area contributed by atoms with Crippen LogP contribution in [-0.4, -0.2) is 96.7 Å². The molecular weight excluding hydrogens is 1390 g/mol. The maximum absolute atomic E-state index is 13.2. The fraction of sp³-hybridized carbons (Fsp3) is 0.955. The first-order valence-corrected chi connectivity index (χ1v) is 48.6. The maximum Gasteiger partial charge on any atom is 0.472 e. The van der Waals surface area contributed by atoms with Crippen molar-refractivity contribution in [2.75, 3.05) is 39.6 Å². The molecule has 0 aliphatic heterocycles. The van der Waals surface area contributed by atoms with E-state index in [2.05, 4.69) is 34.6 Å². The lowest BCUT2D eigenvalue weighted by Gasteiger charge is -2.21. The van der Waals surface area contributed by atoms with Gasteiger partial charge in [0.1, 0.15) is 19.3 Å². The Morgan fingerprint density at radius 3 is 0.636 bits per heavy atom. The van der Waals surface area contributed by atoms with Crippen LogP contribution in [0.15, 0.2) is 0 Å². The largest absolute Gasteiger partial charge is 0.472 e. The molecule has 0 radical (unpaired) electrons. The minimum Gasteiger partial charge on any atom is -0.462 e. The quantitative estimate of drug-likeness (QED) is 0.0222. The molecule has 0 amide bonds. The van der Waals surface area contributed by atoms with E-state index >= 15 is 0 Å². The lowest BCUT2D eigenvalue weighted by Crippen LogP contribution is -2.30. The zero-order valence-electron chi connectivity index (χ0n) is 70.3. The molecule has 0 spiro atoms. The average Bonchev–Trinajstić information content (AvgIpc) is 0.905. The molecule has 0 aliphatic rings. The van der Waals surface area contributed by atoms with Crippen LogP contribution in [0.4, 0.5) is 0 Å². The molecule has 107 heavy (non-hydrogen) atoms. The van der Waals surface area contributed by atoms with E-state index < -0.39 is 97.5 Å². The Morgan fingerprint density at radius 1 is 0.252 bits per heavy atom. The van der Waals surface area contributed by atoms with E-state index in [0.717, 1.165) is 95.8 Å². The average molecular weight is 1560 g/mol. The van der Waals surface area contributed by atoms with E-state index in [4.69, 9.17) is 37.0 Å². The van der Waals surface area contributed by atoms with Gasteiger partial charge in [-0.3, -0.25) is 37.3 Å². The Bertz CT molecular complexity index is 2030. The van der Waals surface area contributed by atoms with Crippen LogP contribution in [0.25, 0.3) is 0 Å². The molecule has 0 rings (SSSR count). The topological polar surface area (TPSA) is 237 Å². The molecule has 0 saturated heterocycles. The number of ether oxygens (including phenoxy) is 4. The smallest absolute Gasteiger partial charge is 0.462 e. The summed E-state index contributed by atoms with van der Waals surface area (Å²) >= 11 is 0. The molecule has 2 unspecified atom stereocenters. The molecule has 0 aliphatic carbocycles. The van der Waals surface area contributed by atoms with E-state index in [1.807, 2.05) is 0 Å². The van der Waals surface area contributed by atoms with Crippen LogP contribution in [-0.2, 0) is 65.4 Å².